The number of aromatic hydroxyl groups is 1. The molecule has 0 saturated heterocycles. The van der Waals surface area contributed by atoms with E-state index in [9.17, 15) is 5.11 Å². The summed E-state index contributed by atoms with van der Waals surface area (Å²) >= 11 is 0. The summed E-state index contributed by atoms with van der Waals surface area (Å²) in [4.78, 5) is 11.7. The van der Waals surface area contributed by atoms with Crippen LogP contribution in [-0.4, -0.2) is 34.3 Å². The maximum Gasteiger partial charge on any atom is 0.220 e. The van der Waals surface area contributed by atoms with Gasteiger partial charge < -0.3 is 19.0 Å². The Morgan fingerprint density at radius 1 is 1.04 bits per heavy atom. The maximum atomic E-state index is 9.39. The zero-order valence-corrected chi connectivity index (χ0v) is 13.1. The molecule has 23 heavy (non-hydrogen) atoms. The molecule has 120 valence electrons. The highest BCUT2D eigenvalue weighted by Crippen LogP contribution is 2.27. The van der Waals surface area contributed by atoms with E-state index in [0.717, 1.165) is 0 Å². The number of aryl methyl sites for hydroxylation is 1. The molecule has 1 aromatic carbocycles. The third kappa shape index (κ3) is 4.44. The average molecular weight is 315 g/mol. The molecule has 0 bridgehead atoms. The molecule has 7 heteroatoms. The summed E-state index contributed by atoms with van der Waals surface area (Å²) in [6, 6.07) is 8.60. The van der Waals surface area contributed by atoms with Crippen molar-refractivity contribution in [2.75, 3.05) is 14.2 Å². The fourth-order valence-electron chi connectivity index (χ4n) is 1.75. The number of para-hydroxylation sites is 1. The summed E-state index contributed by atoms with van der Waals surface area (Å²) < 4.78 is 14.8. The Hall–Kier alpha value is -3.09. The van der Waals surface area contributed by atoms with Crippen LogP contribution >= 0.6 is 0 Å². The Morgan fingerprint density at radius 2 is 1.70 bits per heavy atom. The number of phenolic OH excluding ortho intramolecular Hbond substituents is 1. The largest absolute Gasteiger partial charge is 0.507 e. The minimum atomic E-state index is 0.203. The normalized spacial score (nSPS) is 9.70. The van der Waals surface area contributed by atoms with Crippen molar-refractivity contribution in [1.82, 2.24) is 15.0 Å². The number of benzene rings is 1. The Balaban J connectivity index is 0.000000168. The maximum absolute atomic E-state index is 9.39. The number of methoxy groups -OCH3 is 2. The Bertz CT molecular complexity index is 723. The fraction of sp³-hybridized carbons (Fsp3) is 0.188. The second kappa shape index (κ2) is 7.79. The van der Waals surface area contributed by atoms with E-state index in [4.69, 9.17) is 13.9 Å². The third-order valence-electron chi connectivity index (χ3n) is 2.81. The number of ether oxygens (including phenoxy) is 2. The number of hydrogen-bond donors (Lipinski definition) is 1. The monoisotopic (exact) mass is 315 g/mol. The topological polar surface area (TPSA) is 90.5 Å². The van der Waals surface area contributed by atoms with E-state index >= 15 is 0 Å². The van der Waals surface area contributed by atoms with Gasteiger partial charge in [0.05, 0.1) is 32.0 Å². The van der Waals surface area contributed by atoms with Crippen molar-refractivity contribution in [2.45, 2.75) is 6.92 Å². The number of aromatic nitrogens is 3. The van der Waals surface area contributed by atoms with Gasteiger partial charge in [-0.3, -0.25) is 0 Å². The van der Waals surface area contributed by atoms with Gasteiger partial charge in [0.1, 0.15) is 11.6 Å². The molecule has 0 amide bonds. The number of oxazole rings is 1. The molecule has 0 radical (unpaired) electrons. The Kier molecular flexibility index (Phi) is 5.51. The van der Waals surface area contributed by atoms with Gasteiger partial charge in [-0.1, -0.05) is 12.1 Å². The molecule has 7 nitrogen and oxygen atoms in total. The standard InChI is InChI=1S/C9H7NO2.C7H10N2O2/c11-8-4-2-1-3-7(8)9-5-10-6-12-9;1-5-8-6(10-2)4-7(9-5)11-3/h1-6,11H;4H,1-3H3. The van der Waals surface area contributed by atoms with Crippen LogP contribution in [0.1, 0.15) is 5.82 Å². The fourth-order valence-corrected chi connectivity index (χ4v) is 1.75. The lowest BCUT2D eigenvalue weighted by Gasteiger charge is -2.02. The van der Waals surface area contributed by atoms with Crippen molar-refractivity contribution < 1.29 is 19.0 Å². The molecule has 0 saturated carbocycles. The van der Waals surface area contributed by atoms with Gasteiger partial charge >= 0.3 is 0 Å². The molecule has 0 aliphatic heterocycles. The minimum absolute atomic E-state index is 0.203. The summed E-state index contributed by atoms with van der Waals surface area (Å²) in [5.41, 5.74) is 0.662. The zero-order chi connectivity index (χ0) is 16.7. The third-order valence-corrected chi connectivity index (χ3v) is 2.81. The first-order valence-electron chi connectivity index (χ1n) is 6.74. The molecule has 0 spiro atoms. The number of phenols is 1. The van der Waals surface area contributed by atoms with Gasteiger partial charge in [0.15, 0.2) is 12.2 Å². The van der Waals surface area contributed by atoms with E-state index < -0.39 is 0 Å². The van der Waals surface area contributed by atoms with E-state index in [1.165, 1.54) is 6.39 Å². The Morgan fingerprint density at radius 3 is 2.22 bits per heavy atom. The van der Waals surface area contributed by atoms with Crippen molar-refractivity contribution >= 4 is 0 Å². The van der Waals surface area contributed by atoms with Crippen LogP contribution in [0.5, 0.6) is 17.5 Å². The van der Waals surface area contributed by atoms with Crippen LogP contribution in [0.3, 0.4) is 0 Å². The molecule has 0 atom stereocenters. The van der Waals surface area contributed by atoms with Gasteiger partial charge in [0, 0.05) is 0 Å². The summed E-state index contributed by atoms with van der Waals surface area (Å²) in [5.74, 6) is 2.47. The quantitative estimate of drug-likeness (QED) is 0.794. The van der Waals surface area contributed by atoms with E-state index in [1.807, 2.05) is 6.07 Å². The van der Waals surface area contributed by atoms with Crippen molar-refractivity contribution in [2.24, 2.45) is 0 Å². The van der Waals surface area contributed by atoms with Crippen LogP contribution in [0.2, 0.25) is 0 Å². The molecule has 2 heterocycles. The van der Waals surface area contributed by atoms with Gasteiger partial charge in [-0.15, -0.1) is 0 Å². The summed E-state index contributed by atoms with van der Waals surface area (Å²) in [5, 5.41) is 9.39. The van der Waals surface area contributed by atoms with Gasteiger partial charge in [0.25, 0.3) is 0 Å². The summed E-state index contributed by atoms with van der Waals surface area (Å²) in [6.45, 7) is 1.78. The van der Waals surface area contributed by atoms with Gasteiger partial charge in [0.2, 0.25) is 11.8 Å². The second-order valence-electron chi connectivity index (χ2n) is 4.38. The number of nitrogens with zero attached hydrogens (tertiary/aromatic N) is 3. The highest BCUT2D eigenvalue weighted by Gasteiger charge is 2.04. The van der Waals surface area contributed by atoms with Crippen molar-refractivity contribution in [1.29, 1.82) is 0 Å². The Labute approximate surface area is 133 Å². The molecular weight excluding hydrogens is 298 g/mol. The summed E-state index contributed by atoms with van der Waals surface area (Å²) in [7, 11) is 3.11. The predicted molar refractivity (Wildman–Crippen MR) is 83.5 cm³/mol. The van der Waals surface area contributed by atoms with Crippen LogP contribution in [0.4, 0.5) is 0 Å². The van der Waals surface area contributed by atoms with Crippen molar-refractivity contribution in [3.63, 3.8) is 0 Å². The van der Waals surface area contributed by atoms with Gasteiger partial charge in [-0.25, -0.2) is 4.98 Å². The van der Waals surface area contributed by atoms with E-state index in [-0.39, 0.29) is 5.75 Å². The SMILES string of the molecule is COc1cc(OC)nc(C)n1.Oc1ccccc1-c1cnco1. The lowest BCUT2D eigenvalue weighted by atomic mass is 10.2. The van der Waals surface area contributed by atoms with Gasteiger partial charge in [-0.05, 0) is 19.1 Å². The van der Waals surface area contributed by atoms with E-state index in [1.54, 1.807) is 51.6 Å². The van der Waals surface area contributed by atoms with Crippen LogP contribution in [-0.2, 0) is 0 Å². The highest BCUT2D eigenvalue weighted by molar-refractivity contribution is 5.64. The molecule has 2 aromatic heterocycles. The summed E-state index contributed by atoms with van der Waals surface area (Å²) in [6.07, 6.45) is 2.90. The molecular formula is C16H17N3O4. The lowest BCUT2D eigenvalue weighted by molar-refractivity contribution is 0.369. The smallest absolute Gasteiger partial charge is 0.220 e. The predicted octanol–water partition coefficient (Wildman–Crippen LogP) is 2.85. The van der Waals surface area contributed by atoms with E-state index in [0.29, 0.717) is 28.9 Å². The molecule has 0 fully saturated rings. The average Bonchev–Trinajstić information content (AvgIpc) is 3.09. The first-order chi connectivity index (χ1) is 11.1. The number of hydrogen-bond acceptors (Lipinski definition) is 7. The minimum Gasteiger partial charge on any atom is -0.507 e. The molecule has 3 rings (SSSR count). The zero-order valence-electron chi connectivity index (χ0n) is 13.1. The van der Waals surface area contributed by atoms with Crippen molar-refractivity contribution in [3.05, 3.63) is 48.7 Å². The number of rotatable bonds is 3. The van der Waals surface area contributed by atoms with E-state index in [2.05, 4.69) is 15.0 Å². The van der Waals surface area contributed by atoms with Crippen LogP contribution in [0.25, 0.3) is 11.3 Å². The first-order valence-corrected chi connectivity index (χ1v) is 6.74. The molecule has 1 N–H and O–H groups in total. The second-order valence-corrected chi connectivity index (χ2v) is 4.38. The molecule has 0 aliphatic carbocycles. The van der Waals surface area contributed by atoms with Crippen molar-refractivity contribution in [3.8, 4) is 28.8 Å². The van der Waals surface area contributed by atoms with Crippen LogP contribution in [0, 0.1) is 6.92 Å². The molecule has 0 aliphatic rings. The first kappa shape index (κ1) is 16.3. The van der Waals surface area contributed by atoms with Crippen LogP contribution in [0.15, 0.2) is 47.3 Å². The lowest BCUT2D eigenvalue weighted by Crippen LogP contribution is -1.95. The molecule has 3 aromatic rings. The molecule has 0 unspecified atom stereocenters. The van der Waals surface area contributed by atoms with Crippen LogP contribution < -0.4 is 9.47 Å². The highest BCUT2D eigenvalue weighted by atomic mass is 16.5. The van der Waals surface area contributed by atoms with Gasteiger partial charge in [-0.2, -0.15) is 9.97 Å².